The molecule has 1 nitrogen and oxygen atoms in total. The van der Waals surface area contributed by atoms with E-state index in [-0.39, 0.29) is 11.7 Å². The van der Waals surface area contributed by atoms with E-state index in [9.17, 15) is 4.79 Å². The van der Waals surface area contributed by atoms with Crippen molar-refractivity contribution in [2.45, 2.75) is 20.8 Å². The number of hydrogen-bond donors (Lipinski definition) is 0. The summed E-state index contributed by atoms with van der Waals surface area (Å²) in [6.45, 7) is 6.16. The van der Waals surface area contributed by atoms with Crippen LogP contribution in [0.15, 0.2) is 24.3 Å². The zero-order valence-electron chi connectivity index (χ0n) is 8.75. The quantitative estimate of drug-likeness (QED) is 0.613. The third-order valence-corrected chi connectivity index (χ3v) is 3.49. The van der Waals surface area contributed by atoms with Gasteiger partial charge in [-0.1, -0.05) is 39.0 Å². The Bertz CT molecular complexity index is 331. The highest BCUT2D eigenvalue weighted by Crippen LogP contribution is 2.20. The van der Waals surface area contributed by atoms with Gasteiger partial charge in [-0.15, -0.1) is 0 Å². The Labute approximate surface area is 99.0 Å². The molecule has 76 valence electrons. The van der Waals surface area contributed by atoms with Gasteiger partial charge in [-0.3, -0.25) is 4.79 Å². The molecule has 0 aromatic heterocycles. The molecule has 14 heavy (non-hydrogen) atoms. The highest BCUT2D eigenvalue weighted by atomic mass is 127. The smallest absolute Gasteiger partial charge is 0.166 e. The van der Waals surface area contributed by atoms with Crippen molar-refractivity contribution in [2.24, 2.45) is 11.8 Å². The summed E-state index contributed by atoms with van der Waals surface area (Å²) in [5, 5.41) is 0. The molecule has 0 spiro atoms. The molecule has 0 fully saturated rings. The van der Waals surface area contributed by atoms with Crippen molar-refractivity contribution >= 4 is 28.4 Å². The Morgan fingerprint density at radius 2 is 1.79 bits per heavy atom. The van der Waals surface area contributed by atoms with Crippen molar-refractivity contribution in [1.82, 2.24) is 0 Å². The molecule has 0 aliphatic carbocycles. The summed E-state index contributed by atoms with van der Waals surface area (Å²) in [5.74, 6) is 0.759. The van der Waals surface area contributed by atoms with Crippen molar-refractivity contribution in [3.63, 3.8) is 0 Å². The van der Waals surface area contributed by atoms with Crippen LogP contribution in [0.1, 0.15) is 31.1 Å². The molecule has 0 saturated carbocycles. The average Bonchev–Trinajstić information content (AvgIpc) is 2.16. The third-order valence-electron chi connectivity index (χ3n) is 2.55. The lowest BCUT2D eigenvalue weighted by Crippen LogP contribution is -2.17. The molecule has 2 heteroatoms. The maximum Gasteiger partial charge on any atom is 0.166 e. The maximum atomic E-state index is 12.0. The van der Waals surface area contributed by atoms with Crippen LogP contribution in [-0.2, 0) is 0 Å². The molecule has 0 aliphatic rings. The molecule has 1 atom stereocenters. The lowest BCUT2D eigenvalue weighted by molar-refractivity contribution is 0.0899. The Kier molecular flexibility index (Phi) is 4.11. The lowest BCUT2D eigenvalue weighted by Gasteiger charge is -2.14. The Hall–Kier alpha value is -0.380. The van der Waals surface area contributed by atoms with Gasteiger partial charge < -0.3 is 0 Å². The zero-order valence-corrected chi connectivity index (χ0v) is 10.9. The van der Waals surface area contributed by atoms with Gasteiger partial charge in [0.2, 0.25) is 0 Å². The van der Waals surface area contributed by atoms with E-state index in [2.05, 4.69) is 36.4 Å². The molecule has 0 saturated heterocycles. The van der Waals surface area contributed by atoms with Crippen molar-refractivity contribution in [3.05, 3.63) is 33.4 Å². The van der Waals surface area contributed by atoms with Gasteiger partial charge in [-0.2, -0.15) is 0 Å². The number of carbonyl (C=O) groups is 1. The van der Waals surface area contributed by atoms with Crippen LogP contribution in [0.3, 0.4) is 0 Å². The van der Waals surface area contributed by atoms with Crippen LogP contribution in [0.2, 0.25) is 0 Å². The lowest BCUT2D eigenvalue weighted by atomic mass is 9.90. The molecular formula is C12H15IO. The van der Waals surface area contributed by atoms with Gasteiger partial charge in [0.25, 0.3) is 0 Å². The number of benzene rings is 1. The van der Waals surface area contributed by atoms with Crippen molar-refractivity contribution in [1.29, 1.82) is 0 Å². The van der Waals surface area contributed by atoms with Crippen LogP contribution in [0.25, 0.3) is 0 Å². The van der Waals surface area contributed by atoms with Crippen LogP contribution in [0, 0.1) is 15.4 Å². The number of carbonyl (C=O) groups excluding carboxylic acids is 1. The predicted octanol–water partition coefficient (Wildman–Crippen LogP) is 3.77. The van der Waals surface area contributed by atoms with Gasteiger partial charge >= 0.3 is 0 Å². The van der Waals surface area contributed by atoms with E-state index in [1.165, 1.54) is 0 Å². The molecule has 0 N–H and O–H groups in total. The fraction of sp³-hybridized carbons (Fsp3) is 0.417. The zero-order chi connectivity index (χ0) is 10.7. The van der Waals surface area contributed by atoms with Gasteiger partial charge in [0.15, 0.2) is 5.78 Å². The van der Waals surface area contributed by atoms with E-state index in [0.29, 0.717) is 5.92 Å². The van der Waals surface area contributed by atoms with E-state index in [0.717, 1.165) is 9.13 Å². The minimum absolute atomic E-state index is 0.103. The Morgan fingerprint density at radius 1 is 1.21 bits per heavy atom. The highest BCUT2D eigenvalue weighted by Gasteiger charge is 2.19. The molecule has 1 aromatic rings. The summed E-state index contributed by atoms with van der Waals surface area (Å²) >= 11 is 2.21. The van der Waals surface area contributed by atoms with Gasteiger partial charge in [0.05, 0.1) is 0 Å². The van der Waals surface area contributed by atoms with Crippen molar-refractivity contribution in [2.75, 3.05) is 0 Å². The van der Waals surface area contributed by atoms with Crippen molar-refractivity contribution in [3.8, 4) is 0 Å². The first-order valence-corrected chi connectivity index (χ1v) is 5.90. The molecule has 1 rings (SSSR count). The Balaban J connectivity index is 2.95. The van der Waals surface area contributed by atoms with E-state index >= 15 is 0 Å². The maximum absolute atomic E-state index is 12.0. The first-order valence-electron chi connectivity index (χ1n) is 4.82. The molecule has 0 aliphatic heterocycles. The molecule has 0 bridgehead atoms. The second-order valence-corrected chi connectivity index (χ2v) is 5.04. The molecular weight excluding hydrogens is 287 g/mol. The Morgan fingerprint density at radius 3 is 2.29 bits per heavy atom. The summed E-state index contributed by atoms with van der Waals surface area (Å²) in [6.07, 6.45) is 0. The number of halogens is 1. The van der Waals surface area contributed by atoms with Crippen LogP contribution >= 0.6 is 22.6 Å². The summed E-state index contributed by atoms with van der Waals surface area (Å²) in [4.78, 5) is 12.0. The normalized spacial score (nSPS) is 12.9. The molecule has 1 unspecified atom stereocenters. The third kappa shape index (κ3) is 2.56. The summed E-state index contributed by atoms with van der Waals surface area (Å²) in [5.41, 5.74) is 0.856. The van der Waals surface area contributed by atoms with E-state index < -0.39 is 0 Å². The average molecular weight is 302 g/mol. The number of hydrogen-bond acceptors (Lipinski definition) is 1. The van der Waals surface area contributed by atoms with Gasteiger partial charge in [-0.25, -0.2) is 0 Å². The topological polar surface area (TPSA) is 17.1 Å². The van der Waals surface area contributed by atoms with Crippen molar-refractivity contribution < 1.29 is 4.79 Å². The standard InChI is InChI=1S/C12H15IO/c1-8(2)9(3)12(14)10-6-4-5-7-11(10)13/h4-9H,1-3H3. The summed E-state index contributed by atoms with van der Waals surface area (Å²) < 4.78 is 1.04. The summed E-state index contributed by atoms with van der Waals surface area (Å²) in [6, 6.07) is 7.75. The SMILES string of the molecule is CC(C)C(C)C(=O)c1ccccc1I. The van der Waals surface area contributed by atoms with Crippen LogP contribution < -0.4 is 0 Å². The number of Topliss-reactive ketones (excluding diaryl/α,β-unsaturated/α-hetero) is 1. The largest absolute Gasteiger partial charge is 0.294 e. The van der Waals surface area contributed by atoms with Gasteiger partial charge in [0, 0.05) is 15.1 Å². The first-order chi connectivity index (χ1) is 6.54. The summed E-state index contributed by atoms with van der Waals surface area (Å²) in [7, 11) is 0. The minimum atomic E-state index is 0.103. The molecule has 0 heterocycles. The highest BCUT2D eigenvalue weighted by molar-refractivity contribution is 14.1. The van der Waals surface area contributed by atoms with E-state index in [4.69, 9.17) is 0 Å². The fourth-order valence-electron chi connectivity index (χ4n) is 1.21. The molecule has 0 amide bonds. The fourth-order valence-corrected chi connectivity index (χ4v) is 1.86. The van der Waals surface area contributed by atoms with Crippen LogP contribution in [-0.4, -0.2) is 5.78 Å². The number of ketones is 1. The predicted molar refractivity (Wildman–Crippen MR) is 67.5 cm³/mol. The second kappa shape index (κ2) is 4.91. The molecule has 0 radical (unpaired) electrons. The van der Waals surface area contributed by atoms with Gasteiger partial charge in [-0.05, 0) is 34.6 Å². The van der Waals surface area contributed by atoms with E-state index in [1.54, 1.807) is 0 Å². The second-order valence-electron chi connectivity index (χ2n) is 3.88. The molecule has 1 aromatic carbocycles. The first kappa shape index (κ1) is 11.7. The minimum Gasteiger partial charge on any atom is -0.294 e. The van der Waals surface area contributed by atoms with Crippen LogP contribution in [0.5, 0.6) is 0 Å². The number of rotatable bonds is 3. The van der Waals surface area contributed by atoms with E-state index in [1.807, 2.05) is 31.2 Å². The van der Waals surface area contributed by atoms with Crippen LogP contribution in [0.4, 0.5) is 0 Å². The van der Waals surface area contributed by atoms with Gasteiger partial charge in [0.1, 0.15) is 0 Å². The monoisotopic (exact) mass is 302 g/mol.